The van der Waals surface area contributed by atoms with Crippen LogP contribution in [0.1, 0.15) is 22.5 Å². The minimum absolute atomic E-state index is 0.216. The second kappa shape index (κ2) is 11.2. The lowest BCUT2D eigenvalue weighted by Crippen LogP contribution is -2.19. The highest BCUT2D eigenvalue weighted by Crippen LogP contribution is 2.37. The maximum Gasteiger partial charge on any atom is 0.418 e. The standard InChI is InChI=1S/C30H23F6N5/c1-41(17-19-6-3-2-4-7-19)18-26-39-25-16-20(27-24(30(34,35)36)8-5-15-37-27)9-14-23(25)28(40-26)38-22-12-10-21(11-13-22)29(31,32)33/h2-16H,17-18H2,1H3,(H,38,39,40). The Kier molecular flexibility index (Phi) is 7.63. The second-order valence-electron chi connectivity index (χ2n) is 9.48. The van der Waals surface area contributed by atoms with Gasteiger partial charge in [0.05, 0.1) is 28.9 Å². The molecule has 41 heavy (non-hydrogen) atoms. The van der Waals surface area contributed by atoms with Crippen LogP contribution in [-0.2, 0) is 25.4 Å². The van der Waals surface area contributed by atoms with E-state index in [2.05, 4.69) is 20.3 Å². The fraction of sp³-hybridized carbons (Fsp3) is 0.167. The molecule has 5 aromatic rings. The average molecular weight is 568 g/mol. The molecule has 0 unspecified atom stereocenters. The summed E-state index contributed by atoms with van der Waals surface area (Å²) in [4.78, 5) is 15.2. The van der Waals surface area contributed by atoms with E-state index in [-0.39, 0.29) is 11.3 Å². The minimum Gasteiger partial charge on any atom is -0.340 e. The summed E-state index contributed by atoms with van der Waals surface area (Å²) < 4.78 is 80.2. The number of benzene rings is 3. The maximum atomic E-state index is 13.7. The fourth-order valence-corrected chi connectivity index (χ4v) is 4.43. The van der Waals surface area contributed by atoms with Crippen molar-refractivity contribution in [1.82, 2.24) is 19.9 Å². The average Bonchev–Trinajstić information content (AvgIpc) is 2.92. The molecule has 11 heteroatoms. The number of hydrogen-bond donors (Lipinski definition) is 1. The van der Waals surface area contributed by atoms with Gasteiger partial charge in [-0.05, 0) is 61.1 Å². The lowest BCUT2D eigenvalue weighted by Gasteiger charge is -2.18. The van der Waals surface area contributed by atoms with Gasteiger partial charge in [0.15, 0.2) is 0 Å². The van der Waals surface area contributed by atoms with Crippen LogP contribution in [0, 0.1) is 0 Å². The maximum absolute atomic E-state index is 13.7. The lowest BCUT2D eigenvalue weighted by molar-refractivity contribution is -0.138. The van der Waals surface area contributed by atoms with Crippen molar-refractivity contribution in [3.05, 3.63) is 114 Å². The van der Waals surface area contributed by atoms with E-state index in [1.165, 1.54) is 36.5 Å². The number of anilines is 2. The first-order valence-electron chi connectivity index (χ1n) is 12.5. The number of alkyl halides is 6. The summed E-state index contributed by atoms with van der Waals surface area (Å²) in [5.74, 6) is 0.682. The van der Waals surface area contributed by atoms with Crippen LogP contribution in [0.2, 0.25) is 0 Å². The zero-order valence-corrected chi connectivity index (χ0v) is 21.6. The third-order valence-corrected chi connectivity index (χ3v) is 6.31. The van der Waals surface area contributed by atoms with E-state index in [0.29, 0.717) is 41.3 Å². The van der Waals surface area contributed by atoms with Crippen molar-refractivity contribution in [2.75, 3.05) is 12.4 Å². The summed E-state index contributed by atoms with van der Waals surface area (Å²) in [6, 6.07) is 21.0. The van der Waals surface area contributed by atoms with Crippen LogP contribution in [-0.4, -0.2) is 26.9 Å². The highest BCUT2D eigenvalue weighted by Gasteiger charge is 2.34. The van der Waals surface area contributed by atoms with E-state index in [0.717, 1.165) is 23.8 Å². The van der Waals surface area contributed by atoms with Crippen molar-refractivity contribution in [3.8, 4) is 11.3 Å². The Morgan fingerprint density at radius 1 is 0.756 bits per heavy atom. The van der Waals surface area contributed by atoms with Crippen LogP contribution in [0.15, 0.2) is 91.1 Å². The van der Waals surface area contributed by atoms with Crippen LogP contribution >= 0.6 is 0 Å². The highest BCUT2D eigenvalue weighted by molar-refractivity contribution is 5.93. The van der Waals surface area contributed by atoms with Crippen LogP contribution < -0.4 is 5.32 Å². The van der Waals surface area contributed by atoms with E-state index in [1.54, 1.807) is 6.07 Å². The summed E-state index contributed by atoms with van der Waals surface area (Å²) >= 11 is 0. The zero-order chi connectivity index (χ0) is 29.2. The van der Waals surface area contributed by atoms with Crippen molar-refractivity contribution in [3.63, 3.8) is 0 Å². The molecular formula is C30H23F6N5. The third-order valence-electron chi connectivity index (χ3n) is 6.31. The molecule has 0 aliphatic heterocycles. The lowest BCUT2D eigenvalue weighted by atomic mass is 10.0. The fourth-order valence-electron chi connectivity index (χ4n) is 4.43. The van der Waals surface area contributed by atoms with Crippen molar-refractivity contribution >= 4 is 22.4 Å². The van der Waals surface area contributed by atoms with Gasteiger partial charge in [0.2, 0.25) is 0 Å². The molecular weight excluding hydrogens is 544 g/mol. The van der Waals surface area contributed by atoms with Crippen LogP contribution in [0.3, 0.4) is 0 Å². The van der Waals surface area contributed by atoms with E-state index in [4.69, 9.17) is 0 Å². The van der Waals surface area contributed by atoms with Gasteiger partial charge in [-0.1, -0.05) is 36.4 Å². The van der Waals surface area contributed by atoms with Gasteiger partial charge in [0.1, 0.15) is 11.6 Å². The molecule has 0 bridgehead atoms. The van der Waals surface area contributed by atoms with Crippen LogP contribution in [0.4, 0.5) is 37.8 Å². The smallest absolute Gasteiger partial charge is 0.340 e. The highest BCUT2D eigenvalue weighted by atomic mass is 19.4. The Balaban J connectivity index is 1.55. The molecule has 0 saturated heterocycles. The minimum atomic E-state index is -4.61. The largest absolute Gasteiger partial charge is 0.418 e. The second-order valence-corrected chi connectivity index (χ2v) is 9.48. The van der Waals surface area contributed by atoms with Crippen molar-refractivity contribution in [1.29, 1.82) is 0 Å². The quantitative estimate of drug-likeness (QED) is 0.202. The van der Waals surface area contributed by atoms with Crippen molar-refractivity contribution < 1.29 is 26.3 Å². The number of pyridine rings is 1. The topological polar surface area (TPSA) is 53.9 Å². The SMILES string of the molecule is CN(Cc1ccccc1)Cc1nc(Nc2ccc(C(F)(F)F)cc2)c2ccc(-c3ncccc3C(F)(F)F)cc2n1. The molecule has 0 amide bonds. The van der Waals surface area contributed by atoms with E-state index < -0.39 is 23.5 Å². The van der Waals surface area contributed by atoms with Gasteiger partial charge in [-0.15, -0.1) is 0 Å². The van der Waals surface area contributed by atoms with E-state index in [1.807, 2.05) is 42.3 Å². The summed E-state index contributed by atoms with van der Waals surface area (Å²) in [7, 11) is 1.88. The Hall–Kier alpha value is -4.51. The van der Waals surface area contributed by atoms with E-state index >= 15 is 0 Å². The number of aromatic nitrogens is 3. The van der Waals surface area contributed by atoms with Gasteiger partial charge in [0, 0.05) is 29.4 Å². The summed E-state index contributed by atoms with van der Waals surface area (Å²) in [6.45, 7) is 0.890. The Labute approximate surface area is 231 Å². The Morgan fingerprint density at radius 3 is 2.17 bits per heavy atom. The Morgan fingerprint density at radius 2 is 1.49 bits per heavy atom. The first-order valence-corrected chi connectivity index (χ1v) is 12.5. The molecule has 0 saturated carbocycles. The zero-order valence-electron chi connectivity index (χ0n) is 21.6. The van der Waals surface area contributed by atoms with Gasteiger partial charge in [0.25, 0.3) is 0 Å². The number of nitrogens with one attached hydrogen (secondary N) is 1. The number of nitrogens with zero attached hydrogens (tertiary/aromatic N) is 4. The molecule has 0 atom stereocenters. The molecule has 0 fully saturated rings. The molecule has 5 nitrogen and oxygen atoms in total. The van der Waals surface area contributed by atoms with Gasteiger partial charge < -0.3 is 5.32 Å². The molecule has 2 aromatic heterocycles. The molecule has 5 rings (SSSR count). The van der Waals surface area contributed by atoms with Crippen LogP contribution in [0.25, 0.3) is 22.2 Å². The normalized spacial score (nSPS) is 12.2. The Bertz CT molecular complexity index is 1650. The first kappa shape index (κ1) is 28.0. The number of halogens is 6. The molecule has 210 valence electrons. The molecule has 0 aliphatic carbocycles. The summed E-state index contributed by atoms with van der Waals surface area (Å²) in [5, 5.41) is 3.53. The molecule has 0 radical (unpaired) electrons. The predicted octanol–water partition coefficient (Wildman–Crippen LogP) is 8.11. The van der Waals surface area contributed by atoms with Crippen LogP contribution in [0.5, 0.6) is 0 Å². The first-order chi connectivity index (χ1) is 19.5. The predicted molar refractivity (Wildman–Crippen MR) is 144 cm³/mol. The third kappa shape index (κ3) is 6.63. The van der Waals surface area contributed by atoms with Crippen molar-refractivity contribution in [2.45, 2.75) is 25.4 Å². The van der Waals surface area contributed by atoms with E-state index in [9.17, 15) is 26.3 Å². The van der Waals surface area contributed by atoms with Gasteiger partial charge >= 0.3 is 12.4 Å². The van der Waals surface area contributed by atoms with Crippen molar-refractivity contribution in [2.24, 2.45) is 0 Å². The molecule has 1 N–H and O–H groups in total. The number of hydrogen-bond acceptors (Lipinski definition) is 5. The molecule has 0 aliphatic rings. The molecule has 2 heterocycles. The monoisotopic (exact) mass is 567 g/mol. The molecule has 3 aromatic carbocycles. The van der Waals surface area contributed by atoms with Gasteiger partial charge in [-0.3, -0.25) is 9.88 Å². The number of rotatable bonds is 7. The summed E-state index contributed by atoms with van der Waals surface area (Å²) in [5.41, 5.74) is 0.0897. The summed E-state index contributed by atoms with van der Waals surface area (Å²) in [6.07, 6.45) is -7.80. The van der Waals surface area contributed by atoms with Gasteiger partial charge in [-0.2, -0.15) is 26.3 Å². The molecule has 0 spiro atoms. The number of fused-ring (bicyclic) bond motifs is 1. The van der Waals surface area contributed by atoms with Gasteiger partial charge in [-0.25, -0.2) is 9.97 Å².